The van der Waals surface area contributed by atoms with Gasteiger partial charge >= 0.3 is 0 Å². The zero-order chi connectivity index (χ0) is 12.1. The molecule has 15 heavy (non-hydrogen) atoms. The molecule has 0 spiro atoms. The molecule has 4 nitrogen and oxygen atoms in total. The van der Waals surface area contributed by atoms with E-state index in [0.29, 0.717) is 13.1 Å². The van der Waals surface area contributed by atoms with Crippen molar-refractivity contribution in [2.24, 2.45) is 11.1 Å². The molecule has 0 aromatic heterocycles. The molecule has 0 heterocycles. The van der Waals surface area contributed by atoms with Gasteiger partial charge in [0.05, 0.1) is 6.54 Å². The number of amides is 1. The van der Waals surface area contributed by atoms with Gasteiger partial charge in [-0.3, -0.25) is 9.69 Å². The molecule has 0 rings (SSSR count). The van der Waals surface area contributed by atoms with Crippen LogP contribution in [-0.2, 0) is 4.79 Å². The van der Waals surface area contributed by atoms with Crippen molar-refractivity contribution in [3.05, 3.63) is 0 Å². The van der Waals surface area contributed by atoms with E-state index in [-0.39, 0.29) is 17.4 Å². The summed E-state index contributed by atoms with van der Waals surface area (Å²) in [6, 6.07) is 0.236. The van der Waals surface area contributed by atoms with E-state index in [1.54, 1.807) is 7.05 Å². The van der Waals surface area contributed by atoms with Crippen LogP contribution in [0.4, 0.5) is 0 Å². The Morgan fingerprint density at radius 1 is 1.47 bits per heavy atom. The predicted octanol–water partition coefficient (Wildman–Crippen LogP) is 0.428. The molecular formula is C11H25N3O. The Balaban J connectivity index is 4.55. The summed E-state index contributed by atoms with van der Waals surface area (Å²) >= 11 is 0. The van der Waals surface area contributed by atoms with Crippen LogP contribution in [0.3, 0.4) is 0 Å². The Kier molecular flexibility index (Phi) is 5.83. The average Bonchev–Trinajstić information content (AvgIpc) is 2.14. The highest BCUT2D eigenvalue weighted by molar-refractivity contribution is 5.77. The Morgan fingerprint density at radius 3 is 2.27 bits per heavy atom. The highest BCUT2D eigenvalue weighted by atomic mass is 16.1. The van der Waals surface area contributed by atoms with Crippen LogP contribution < -0.4 is 11.1 Å². The molecule has 0 aliphatic carbocycles. The van der Waals surface area contributed by atoms with Crippen LogP contribution in [0.1, 0.15) is 27.7 Å². The zero-order valence-electron chi connectivity index (χ0n) is 10.6. The van der Waals surface area contributed by atoms with Crippen LogP contribution in [0.2, 0.25) is 0 Å². The maximum Gasteiger partial charge on any atom is 0.233 e. The van der Waals surface area contributed by atoms with E-state index in [0.717, 1.165) is 6.54 Å². The Bertz CT molecular complexity index is 198. The first-order valence-electron chi connectivity index (χ1n) is 5.51. The summed E-state index contributed by atoms with van der Waals surface area (Å²) in [5.74, 6) is 0.0413. The van der Waals surface area contributed by atoms with Gasteiger partial charge in [0.15, 0.2) is 0 Å². The largest absolute Gasteiger partial charge is 0.358 e. The average molecular weight is 215 g/mol. The lowest BCUT2D eigenvalue weighted by Crippen LogP contribution is -2.51. The minimum Gasteiger partial charge on any atom is -0.358 e. The topological polar surface area (TPSA) is 58.4 Å². The number of hydrogen-bond donors (Lipinski definition) is 2. The van der Waals surface area contributed by atoms with E-state index < -0.39 is 0 Å². The number of carbonyl (C=O) groups excluding carboxylic acids is 1. The maximum absolute atomic E-state index is 11.3. The number of likely N-dealkylation sites (N-methyl/N-ethyl adjacent to an activating group) is 2. The van der Waals surface area contributed by atoms with Gasteiger partial charge in [-0.05, 0) is 12.0 Å². The van der Waals surface area contributed by atoms with Crippen LogP contribution in [0.25, 0.3) is 0 Å². The normalized spacial score (nSPS) is 14.1. The second-order valence-corrected chi connectivity index (χ2v) is 4.85. The minimum absolute atomic E-state index is 0.0413. The molecule has 0 aromatic carbocycles. The monoisotopic (exact) mass is 215 g/mol. The van der Waals surface area contributed by atoms with Crippen molar-refractivity contribution in [3.8, 4) is 0 Å². The number of nitrogens with two attached hydrogens (primary N) is 1. The van der Waals surface area contributed by atoms with E-state index in [9.17, 15) is 4.79 Å². The fourth-order valence-corrected chi connectivity index (χ4v) is 1.76. The van der Waals surface area contributed by atoms with Gasteiger partial charge in [-0.1, -0.05) is 27.7 Å². The molecule has 0 fully saturated rings. The molecule has 4 heteroatoms. The summed E-state index contributed by atoms with van der Waals surface area (Å²) in [4.78, 5) is 13.5. The van der Waals surface area contributed by atoms with Crippen molar-refractivity contribution in [3.63, 3.8) is 0 Å². The molecule has 0 radical (unpaired) electrons. The Labute approximate surface area is 93.2 Å². The van der Waals surface area contributed by atoms with Crippen LogP contribution in [0.5, 0.6) is 0 Å². The van der Waals surface area contributed by atoms with Crippen molar-refractivity contribution in [1.29, 1.82) is 0 Å². The summed E-state index contributed by atoms with van der Waals surface area (Å²) in [7, 11) is 1.66. The number of hydrogen-bond acceptors (Lipinski definition) is 3. The maximum atomic E-state index is 11.3. The van der Waals surface area contributed by atoms with Crippen molar-refractivity contribution in [2.45, 2.75) is 33.7 Å². The minimum atomic E-state index is 0.0413. The number of nitrogens with one attached hydrogen (secondary N) is 1. The van der Waals surface area contributed by atoms with E-state index in [1.807, 2.05) is 0 Å². The first-order chi connectivity index (χ1) is 6.86. The van der Waals surface area contributed by atoms with E-state index in [4.69, 9.17) is 5.73 Å². The third kappa shape index (κ3) is 4.62. The van der Waals surface area contributed by atoms with Gasteiger partial charge < -0.3 is 11.1 Å². The highest BCUT2D eigenvalue weighted by Crippen LogP contribution is 2.23. The third-order valence-corrected chi connectivity index (χ3v) is 2.70. The number of nitrogens with zero attached hydrogens (tertiary/aromatic N) is 1. The molecule has 0 bridgehead atoms. The standard InChI is InChI=1S/C11H25N3O/c1-6-14(8-10(15)13-5)9(7-12)11(2,3)4/h9H,6-8,12H2,1-5H3,(H,13,15). The lowest BCUT2D eigenvalue weighted by Gasteiger charge is -2.38. The molecule has 1 atom stereocenters. The second-order valence-electron chi connectivity index (χ2n) is 4.85. The third-order valence-electron chi connectivity index (χ3n) is 2.70. The summed E-state index contributed by atoms with van der Waals surface area (Å²) in [6.45, 7) is 10.3. The SMILES string of the molecule is CCN(CC(=O)NC)C(CN)C(C)(C)C. The van der Waals surface area contributed by atoms with Crippen molar-refractivity contribution < 1.29 is 4.79 Å². The molecule has 0 saturated heterocycles. The van der Waals surface area contributed by atoms with Crippen molar-refractivity contribution in [1.82, 2.24) is 10.2 Å². The second kappa shape index (κ2) is 6.08. The quantitative estimate of drug-likeness (QED) is 0.699. The van der Waals surface area contributed by atoms with Gasteiger partial charge in [0.1, 0.15) is 0 Å². The predicted molar refractivity (Wildman–Crippen MR) is 63.6 cm³/mol. The smallest absolute Gasteiger partial charge is 0.233 e. The van der Waals surface area contributed by atoms with Crippen LogP contribution in [0.15, 0.2) is 0 Å². The van der Waals surface area contributed by atoms with Crippen molar-refractivity contribution >= 4 is 5.91 Å². The van der Waals surface area contributed by atoms with Gasteiger partial charge in [-0.25, -0.2) is 0 Å². The molecule has 1 amide bonds. The summed E-state index contributed by atoms with van der Waals surface area (Å²) in [6.07, 6.45) is 0. The molecular weight excluding hydrogens is 190 g/mol. The Morgan fingerprint density at radius 2 is 2.00 bits per heavy atom. The van der Waals surface area contributed by atoms with Crippen LogP contribution >= 0.6 is 0 Å². The van der Waals surface area contributed by atoms with Gasteiger partial charge in [0.25, 0.3) is 0 Å². The van der Waals surface area contributed by atoms with E-state index >= 15 is 0 Å². The van der Waals surface area contributed by atoms with Gasteiger partial charge in [0.2, 0.25) is 5.91 Å². The lowest BCUT2D eigenvalue weighted by molar-refractivity contribution is -0.122. The number of carbonyl (C=O) groups is 1. The molecule has 0 aromatic rings. The van der Waals surface area contributed by atoms with Gasteiger partial charge in [-0.15, -0.1) is 0 Å². The summed E-state index contributed by atoms with van der Waals surface area (Å²) < 4.78 is 0. The number of rotatable bonds is 5. The molecule has 3 N–H and O–H groups in total. The van der Waals surface area contributed by atoms with Crippen LogP contribution in [0, 0.1) is 5.41 Å². The van der Waals surface area contributed by atoms with Crippen molar-refractivity contribution in [2.75, 3.05) is 26.7 Å². The molecule has 0 saturated carbocycles. The van der Waals surface area contributed by atoms with Crippen LogP contribution in [-0.4, -0.2) is 43.5 Å². The Hall–Kier alpha value is -0.610. The van der Waals surface area contributed by atoms with E-state index in [1.165, 1.54) is 0 Å². The highest BCUT2D eigenvalue weighted by Gasteiger charge is 2.29. The molecule has 0 aliphatic rings. The van der Waals surface area contributed by atoms with Gasteiger partial charge in [0, 0.05) is 19.6 Å². The summed E-state index contributed by atoms with van der Waals surface area (Å²) in [5, 5.41) is 2.64. The summed E-state index contributed by atoms with van der Waals surface area (Å²) in [5.41, 5.74) is 5.88. The fourth-order valence-electron chi connectivity index (χ4n) is 1.76. The van der Waals surface area contributed by atoms with Gasteiger partial charge in [-0.2, -0.15) is 0 Å². The molecule has 0 aliphatic heterocycles. The fraction of sp³-hybridized carbons (Fsp3) is 0.909. The molecule has 1 unspecified atom stereocenters. The first-order valence-corrected chi connectivity index (χ1v) is 5.51. The lowest BCUT2D eigenvalue weighted by atomic mass is 9.85. The first kappa shape index (κ1) is 14.4. The zero-order valence-corrected chi connectivity index (χ0v) is 10.6. The molecule has 90 valence electrons. The van der Waals surface area contributed by atoms with E-state index in [2.05, 4.69) is 37.9 Å².